The van der Waals surface area contributed by atoms with E-state index < -0.39 is 5.97 Å². The van der Waals surface area contributed by atoms with E-state index in [0.29, 0.717) is 6.29 Å². The first-order chi connectivity index (χ1) is 8.48. The van der Waals surface area contributed by atoms with Gasteiger partial charge in [0.15, 0.2) is 0 Å². The number of carboxylic acid groups (broad SMARTS) is 1. The van der Waals surface area contributed by atoms with Crippen molar-refractivity contribution < 1.29 is 14.7 Å². The van der Waals surface area contributed by atoms with Crippen molar-refractivity contribution in [1.82, 2.24) is 0 Å². The maximum absolute atomic E-state index is 11.0. The quantitative estimate of drug-likeness (QED) is 0.653. The summed E-state index contributed by atoms with van der Waals surface area (Å²) in [5.74, 6) is -0.917. The molecule has 94 valence electrons. The first kappa shape index (κ1) is 12.4. The van der Waals surface area contributed by atoms with E-state index in [-0.39, 0.29) is 12.0 Å². The zero-order valence-corrected chi connectivity index (χ0v) is 10.4. The minimum atomic E-state index is -0.917. The van der Waals surface area contributed by atoms with Gasteiger partial charge >= 0.3 is 5.97 Å². The molecule has 18 heavy (non-hydrogen) atoms. The summed E-state index contributed by atoms with van der Waals surface area (Å²) in [6, 6.07) is 7.64. The van der Waals surface area contributed by atoms with Crippen LogP contribution in [0.1, 0.15) is 19.4 Å². The number of carbonyl (C=O) groups is 2. The van der Waals surface area contributed by atoms with Gasteiger partial charge in [0.25, 0.3) is 0 Å². The van der Waals surface area contributed by atoms with Gasteiger partial charge in [-0.3, -0.25) is 9.59 Å². The molecule has 1 N–H and O–H groups in total. The Morgan fingerprint density at radius 1 is 1.39 bits per heavy atom. The zero-order chi connectivity index (χ0) is 13.3. The molecule has 0 aliphatic carbocycles. The van der Waals surface area contributed by atoms with Gasteiger partial charge in [-0.15, -0.1) is 0 Å². The predicted molar refractivity (Wildman–Crippen MR) is 68.6 cm³/mol. The molecule has 4 nitrogen and oxygen atoms in total. The van der Waals surface area contributed by atoms with Crippen molar-refractivity contribution >= 4 is 17.9 Å². The number of fused-ring (bicyclic) bond motifs is 1. The minimum absolute atomic E-state index is 0.139. The molecule has 0 amide bonds. The van der Waals surface area contributed by atoms with Crippen LogP contribution < -0.4 is 4.90 Å². The highest BCUT2D eigenvalue weighted by atomic mass is 16.4. The van der Waals surface area contributed by atoms with Gasteiger partial charge in [-0.05, 0) is 17.7 Å². The Morgan fingerprint density at radius 2 is 2.06 bits per heavy atom. The van der Waals surface area contributed by atoms with E-state index in [1.54, 1.807) is 4.90 Å². The lowest BCUT2D eigenvalue weighted by Gasteiger charge is -2.25. The molecule has 0 unspecified atom stereocenters. The van der Waals surface area contributed by atoms with Crippen molar-refractivity contribution in [3.05, 3.63) is 41.6 Å². The van der Waals surface area contributed by atoms with E-state index in [9.17, 15) is 9.59 Å². The van der Waals surface area contributed by atoms with Crippen LogP contribution in [0.5, 0.6) is 0 Å². The van der Waals surface area contributed by atoms with Crippen LogP contribution in [0.4, 0.5) is 5.69 Å². The molecule has 0 atom stereocenters. The third-order valence-corrected chi connectivity index (χ3v) is 3.32. The van der Waals surface area contributed by atoms with Crippen LogP contribution in [0, 0.1) is 0 Å². The van der Waals surface area contributed by atoms with E-state index in [0.717, 1.165) is 16.9 Å². The molecule has 2 rings (SSSR count). The van der Waals surface area contributed by atoms with Gasteiger partial charge in [0, 0.05) is 16.8 Å². The molecule has 1 aliphatic heterocycles. The van der Waals surface area contributed by atoms with E-state index in [4.69, 9.17) is 5.11 Å². The number of benzene rings is 1. The fraction of sp³-hybridized carbons (Fsp3) is 0.286. The van der Waals surface area contributed by atoms with Gasteiger partial charge in [0.05, 0.1) is 0 Å². The van der Waals surface area contributed by atoms with Crippen molar-refractivity contribution in [3.8, 4) is 0 Å². The van der Waals surface area contributed by atoms with Crippen LogP contribution in [-0.4, -0.2) is 23.9 Å². The molecule has 0 saturated heterocycles. The number of aldehydes is 1. The van der Waals surface area contributed by atoms with Crippen LogP contribution in [0.3, 0.4) is 0 Å². The molecule has 0 saturated carbocycles. The number of carboxylic acids is 1. The standard InChI is InChI=1S/C14H15NO3/c1-14(2)10-5-3-4-6-11(10)15(9-13(17)18)12(14)7-8-16/h3-8H,9H2,1-2H3,(H,17,18)/b12-7+. The number of anilines is 1. The number of aliphatic carboxylic acids is 1. The van der Waals surface area contributed by atoms with Crippen LogP contribution in [0.2, 0.25) is 0 Å². The lowest BCUT2D eigenvalue weighted by atomic mass is 9.84. The van der Waals surface area contributed by atoms with E-state index in [1.807, 2.05) is 38.1 Å². The molecular weight excluding hydrogens is 230 g/mol. The third-order valence-electron chi connectivity index (χ3n) is 3.32. The smallest absolute Gasteiger partial charge is 0.323 e. The summed E-state index contributed by atoms with van der Waals surface area (Å²) < 4.78 is 0. The molecule has 1 aliphatic rings. The number of carbonyl (C=O) groups excluding carboxylic acids is 1. The first-order valence-electron chi connectivity index (χ1n) is 5.73. The fourth-order valence-electron chi connectivity index (χ4n) is 2.51. The number of para-hydroxylation sites is 1. The summed E-state index contributed by atoms with van der Waals surface area (Å²) >= 11 is 0. The van der Waals surface area contributed by atoms with Gasteiger partial charge in [-0.25, -0.2) is 0 Å². The first-order valence-corrected chi connectivity index (χ1v) is 5.73. The van der Waals surface area contributed by atoms with Crippen LogP contribution in [-0.2, 0) is 15.0 Å². The molecule has 0 radical (unpaired) electrons. The van der Waals surface area contributed by atoms with Crippen LogP contribution in [0.25, 0.3) is 0 Å². The highest BCUT2D eigenvalue weighted by Crippen LogP contribution is 2.47. The van der Waals surface area contributed by atoms with Crippen LogP contribution in [0.15, 0.2) is 36.0 Å². The molecular formula is C14H15NO3. The Kier molecular flexibility index (Phi) is 2.95. The van der Waals surface area contributed by atoms with Crippen molar-refractivity contribution in [2.24, 2.45) is 0 Å². The summed E-state index contributed by atoms with van der Waals surface area (Å²) in [5, 5.41) is 9.00. The number of hydrogen-bond donors (Lipinski definition) is 1. The van der Waals surface area contributed by atoms with E-state index in [2.05, 4.69) is 0 Å². The number of hydrogen-bond acceptors (Lipinski definition) is 3. The van der Waals surface area contributed by atoms with Gasteiger partial charge in [0.1, 0.15) is 12.8 Å². The van der Waals surface area contributed by atoms with Crippen molar-refractivity contribution in [2.45, 2.75) is 19.3 Å². The predicted octanol–water partition coefficient (Wildman–Crippen LogP) is 1.95. The SMILES string of the molecule is CC1(C)/C(=C\C=O)N(CC(=O)O)c2ccccc21. The lowest BCUT2D eigenvalue weighted by Crippen LogP contribution is -2.30. The maximum atomic E-state index is 11.0. The average molecular weight is 245 g/mol. The zero-order valence-electron chi connectivity index (χ0n) is 10.4. The fourth-order valence-corrected chi connectivity index (χ4v) is 2.51. The number of rotatable bonds is 3. The molecule has 0 fully saturated rings. The second-order valence-corrected chi connectivity index (χ2v) is 4.81. The van der Waals surface area contributed by atoms with Gasteiger partial charge in [0.2, 0.25) is 0 Å². The molecule has 0 bridgehead atoms. The van der Waals surface area contributed by atoms with Gasteiger partial charge in [-0.2, -0.15) is 0 Å². The summed E-state index contributed by atoms with van der Waals surface area (Å²) in [5.41, 5.74) is 2.27. The number of nitrogens with zero attached hydrogens (tertiary/aromatic N) is 1. The lowest BCUT2D eigenvalue weighted by molar-refractivity contribution is -0.135. The Bertz CT molecular complexity index is 532. The Hall–Kier alpha value is -2.10. The molecule has 0 spiro atoms. The average Bonchev–Trinajstić information content (AvgIpc) is 2.51. The summed E-state index contributed by atoms with van der Waals surface area (Å²) in [4.78, 5) is 23.4. The summed E-state index contributed by atoms with van der Waals surface area (Å²) in [6.45, 7) is 3.84. The van der Waals surface area contributed by atoms with Gasteiger partial charge in [-0.1, -0.05) is 32.0 Å². The monoisotopic (exact) mass is 245 g/mol. The highest BCUT2D eigenvalue weighted by Gasteiger charge is 2.40. The van der Waals surface area contributed by atoms with Crippen molar-refractivity contribution in [3.63, 3.8) is 0 Å². The van der Waals surface area contributed by atoms with Crippen LogP contribution >= 0.6 is 0 Å². The van der Waals surface area contributed by atoms with Crippen molar-refractivity contribution in [1.29, 1.82) is 0 Å². The minimum Gasteiger partial charge on any atom is -0.480 e. The highest BCUT2D eigenvalue weighted by molar-refractivity contribution is 5.82. The normalized spacial score (nSPS) is 18.8. The van der Waals surface area contributed by atoms with E-state index >= 15 is 0 Å². The third kappa shape index (κ3) is 1.79. The Morgan fingerprint density at radius 3 is 2.67 bits per heavy atom. The Labute approximate surface area is 106 Å². The topological polar surface area (TPSA) is 57.6 Å². The summed E-state index contributed by atoms with van der Waals surface area (Å²) in [7, 11) is 0. The second kappa shape index (κ2) is 4.29. The molecule has 0 aromatic heterocycles. The van der Waals surface area contributed by atoms with E-state index in [1.165, 1.54) is 6.08 Å². The largest absolute Gasteiger partial charge is 0.480 e. The second-order valence-electron chi connectivity index (χ2n) is 4.81. The molecule has 1 aromatic carbocycles. The van der Waals surface area contributed by atoms with Gasteiger partial charge < -0.3 is 10.0 Å². The number of allylic oxidation sites excluding steroid dienone is 2. The summed E-state index contributed by atoms with van der Waals surface area (Å²) in [6.07, 6.45) is 2.15. The Balaban J connectivity index is 2.59. The maximum Gasteiger partial charge on any atom is 0.323 e. The molecule has 4 heteroatoms. The van der Waals surface area contributed by atoms with Crippen molar-refractivity contribution in [2.75, 3.05) is 11.4 Å². The molecule has 1 aromatic rings. The molecule has 1 heterocycles.